The van der Waals surface area contributed by atoms with Crippen molar-refractivity contribution < 1.29 is 28.5 Å². The molecule has 0 spiro atoms. The Bertz CT molecular complexity index is 1690. The maximum absolute atomic E-state index is 13.4. The van der Waals surface area contributed by atoms with Crippen molar-refractivity contribution in [1.82, 2.24) is 0 Å². The summed E-state index contributed by atoms with van der Waals surface area (Å²) in [5.41, 5.74) is 4.71. The van der Waals surface area contributed by atoms with E-state index in [0.29, 0.717) is 24.5 Å². The van der Waals surface area contributed by atoms with E-state index in [-0.39, 0.29) is 13.2 Å². The number of azo groups is 1. The molecule has 1 heterocycles. The maximum Gasteiger partial charge on any atom is 0.340 e. The lowest BCUT2D eigenvalue weighted by molar-refractivity contribution is -0.157. The average Bonchev–Trinajstić information content (AvgIpc) is 3.45. The normalized spacial score (nSPS) is 19.1. The Labute approximate surface area is 274 Å². The highest BCUT2D eigenvalue weighted by atomic mass is 16.7. The van der Waals surface area contributed by atoms with Gasteiger partial charge in [0.2, 0.25) is 6.29 Å². The molecule has 0 aliphatic carbocycles. The summed E-state index contributed by atoms with van der Waals surface area (Å²) in [5.74, 6) is -0.553. The minimum absolute atomic E-state index is 0.217. The van der Waals surface area contributed by atoms with E-state index in [1.54, 1.807) is 24.3 Å². The van der Waals surface area contributed by atoms with E-state index in [4.69, 9.17) is 23.7 Å². The molecule has 5 aromatic carbocycles. The van der Waals surface area contributed by atoms with Gasteiger partial charge in [-0.2, -0.15) is 10.2 Å². The van der Waals surface area contributed by atoms with Gasteiger partial charge in [-0.15, -0.1) is 0 Å². The molecule has 0 amide bonds. The van der Waals surface area contributed by atoms with Crippen LogP contribution in [0.3, 0.4) is 0 Å². The van der Waals surface area contributed by atoms with Crippen LogP contribution >= 0.6 is 0 Å². The molecule has 6 rings (SSSR count). The maximum atomic E-state index is 13.4. The van der Waals surface area contributed by atoms with Gasteiger partial charge in [0.05, 0.1) is 43.4 Å². The van der Waals surface area contributed by atoms with Gasteiger partial charge >= 0.3 is 5.97 Å². The summed E-state index contributed by atoms with van der Waals surface area (Å²) in [4.78, 5) is 13.4. The van der Waals surface area contributed by atoms with Crippen LogP contribution in [0.5, 0.6) is 0 Å². The van der Waals surface area contributed by atoms with Gasteiger partial charge < -0.3 is 23.7 Å². The molecule has 0 bridgehead atoms. The van der Waals surface area contributed by atoms with Gasteiger partial charge in [0, 0.05) is 0 Å². The Morgan fingerprint density at radius 3 is 1.57 bits per heavy atom. The van der Waals surface area contributed by atoms with Gasteiger partial charge in [0.1, 0.15) is 18.3 Å². The van der Waals surface area contributed by atoms with Crippen LogP contribution in [0, 0.1) is 0 Å². The highest BCUT2D eigenvalue weighted by Gasteiger charge is 2.48. The van der Waals surface area contributed by atoms with Crippen LogP contribution in [0.1, 0.15) is 27.0 Å². The SMILES string of the molecule is O=C(OC1OC(COCc2ccccc2)C(OCc2ccccc2)C1OCc1ccccc1)c1ccc(N=Nc2ccccc2)cc1. The minimum atomic E-state index is -1.03. The summed E-state index contributed by atoms with van der Waals surface area (Å²) in [6.07, 6.45) is -2.88. The van der Waals surface area contributed by atoms with E-state index < -0.39 is 30.6 Å². The molecule has 0 aromatic heterocycles. The number of rotatable bonds is 14. The van der Waals surface area contributed by atoms with Gasteiger partial charge in [0.15, 0.2) is 0 Å². The fourth-order valence-corrected chi connectivity index (χ4v) is 5.15. The second-order valence-corrected chi connectivity index (χ2v) is 11.1. The van der Waals surface area contributed by atoms with Crippen LogP contribution in [0.25, 0.3) is 0 Å². The summed E-state index contributed by atoms with van der Waals surface area (Å²) in [6.45, 7) is 1.23. The third-order valence-corrected chi connectivity index (χ3v) is 7.59. The zero-order valence-electron chi connectivity index (χ0n) is 25.8. The molecule has 0 N–H and O–H groups in total. The van der Waals surface area contributed by atoms with Crippen molar-refractivity contribution in [2.24, 2.45) is 10.2 Å². The lowest BCUT2D eigenvalue weighted by atomic mass is 10.1. The predicted molar refractivity (Wildman–Crippen MR) is 177 cm³/mol. The van der Waals surface area contributed by atoms with Gasteiger partial charge in [-0.25, -0.2) is 4.79 Å². The molecule has 4 unspecified atom stereocenters. The first-order chi connectivity index (χ1) is 23.2. The molecule has 5 aromatic rings. The Kier molecular flexibility index (Phi) is 11.2. The van der Waals surface area contributed by atoms with E-state index in [1.807, 2.05) is 121 Å². The zero-order chi connectivity index (χ0) is 32.1. The van der Waals surface area contributed by atoms with E-state index in [0.717, 1.165) is 22.4 Å². The summed E-state index contributed by atoms with van der Waals surface area (Å²) < 4.78 is 31.3. The van der Waals surface area contributed by atoms with E-state index in [2.05, 4.69) is 10.2 Å². The zero-order valence-corrected chi connectivity index (χ0v) is 25.8. The molecule has 1 fully saturated rings. The van der Waals surface area contributed by atoms with Crippen LogP contribution in [-0.2, 0) is 43.5 Å². The second-order valence-electron chi connectivity index (χ2n) is 11.1. The van der Waals surface area contributed by atoms with Crippen molar-refractivity contribution in [3.63, 3.8) is 0 Å². The molecular formula is C39H36N2O6. The van der Waals surface area contributed by atoms with Gasteiger partial charge in [-0.1, -0.05) is 109 Å². The second kappa shape index (κ2) is 16.5. The number of hydrogen-bond acceptors (Lipinski definition) is 8. The van der Waals surface area contributed by atoms with E-state index >= 15 is 0 Å². The van der Waals surface area contributed by atoms with Gasteiger partial charge in [-0.05, 0) is 53.1 Å². The molecule has 4 atom stereocenters. The first-order valence-corrected chi connectivity index (χ1v) is 15.6. The smallest absolute Gasteiger partial charge is 0.340 e. The standard InChI is InChI=1S/C39H36N2O6/c42-38(32-21-23-34(24-22-32)41-40-33-19-11-4-12-20-33)47-39-37(45-27-31-17-9-3-10-18-31)36(44-26-30-15-7-2-8-16-30)35(46-39)28-43-25-29-13-5-1-6-14-29/h1-24,35-37,39H,25-28H2. The monoisotopic (exact) mass is 628 g/mol. The van der Waals surface area contributed by atoms with Crippen LogP contribution in [0.15, 0.2) is 156 Å². The van der Waals surface area contributed by atoms with Crippen molar-refractivity contribution in [1.29, 1.82) is 0 Å². The largest absolute Gasteiger partial charge is 0.429 e. The number of nitrogens with zero attached hydrogens (tertiary/aromatic N) is 2. The molecule has 8 nitrogen and oxygen atoms in total. The van der Waals surface area contributed by atoms with Crippen molar-refractivity contribution in [2.75, 3.05) is 6.61 Å². The number of carbonyl (C=O) groups excluding carboxylic acids is 1. The quantitative estimate of drug-likeness (QED) is 0.0907. The minimum Gasteiger partial charge on any atom is -0.429 e. The highest BCUT2D eigenvalue weighted by Crippen LogP contribution is 2.31. The Hall–Kier alpha value is -4.99. The topological polar surface area (TPSA) is 87.9 Å². The van der Waals surface area contributed by atoms with Crippen molar-refractivity contribution in [3.05, 3.63) is 168 Å². The van der Waals surface area contributed by atoms with Crippen LogP contribution < -0.4 is 0 Å². The third kappa shape index (κ3) is 9.28. The number of ether oxygens (including phenoxy) is 5. The first-order valence-electron chi connectivity index (χ1n) is 15.6. The van der Waals surface area contributed by atoms with Gasteiger partial charge in [-0.3, -0.25) is 0 Å². The number of esters is 1. The van der Waals surface area contributed by atoms with E-state index in [9.17, 15) is 4.79 Å². The van der Waals surface area contributed by atoms with Crippen LogP contribution in [-0.4, -0.2) is 37.2 Å². The molecule has 8 heteroatoms. The van der Waals surface area contributed by atoms with Crippen LogP contribution in [0.4, 0.5) is 11.4 Å². The number of benzene rings is 5. The number of carbonyl (C=O) groups is 1. The molecule has 1 aliphatic rings. The van der Waals surface area contributed by atoms with Crippen molar-refractivity contribution in [3.8, 4) is 0 Å². The Morgan fingerprint density at radius 2 is 1.02 bits per heavy atom. The molecule has 238 valence electrons. The summed E-state index contributed by atoms with van der Waals surface area (Å²) in [6, 6.07) is 45.8. The molecular weight excluding hydrogens is 592 g/mol. The summed E-state index contributed by atoms with van der Waals surface area (Å²) in [5, 5.41) is 8.49. The van der Waals surface area contributed by atoms with E-state index in [1.165, 1.54) is 0 Å². The average molecular weight is 629 g/mol. The Balaban J connectivity index is 1.18. The van der Waals surface area contributed by atoms with Crippen molar-refractivity contribution in [2.45, 2.75) is 44.4 Å². The van der Waals surface area contributed by atoms with Crippen molar-refractivity contribution >= 4 is 17.3 Å². The number of hydrogen-bond donors (Lipinski definition) is 0. The van der Waals surface area contributed by atoms with Crippen LogP contribution in [0.2, 0.25) is 0 Å². The molecule has 0 saturated carbocycles. The lowest BCUT2D eigenvalue weighted by Crippen LogP contribution is -2.40. The summed E-state index contributed by atoms with van der Waals surface area (Å²) >= 11 is 0. The molecule has 0 radical (unpaired) electrons. The molecule has 1 aliphatic heterocycles. The predicted octanol–water partition coefficient (Wildman–Crippen LogP) is 8.37. The third-order valence-electron chi connectivity index (χ3n) is 7.59. The van der Waals surface area contributed by atoms with Gasteiger partial charge in [0.25, 0.3) is 0 Å². The first kappa shape index (κ1) is 32.0. The molecule has 1 saturated heterocycles. The molecule has 47 heavy (non-hydrogen) atoms. The highest BCUT2D eigenvalue weighted by molar-refractivity contribution is 5.89. The lowest BCUT2D eigenvalue weighted by Gasteiger charge is -2.25. The fraction of sp³-hybridized carbons (Fsp3) is 0.205. The Morgan fingerprint density at radius 1 is 0.553 bits per heavy atom. The summed E-state index contributed by atoms with van der Waals surface area (Å²) in [7, 11) is 0. The fourth-order valence-electron chi connectivity index (χ4n) is 5.15.